The molecule has 1 atom stereocenters. The number of nitrogens with zero attached hydrogens (tertiary/aromatic N) is 1. The molecule has 1 unspecified atom stereocenters. The molecule has 0 aromatic carbocycles. The van der Waals surface area contributed by atoms with E-state index in [-0.39, 0.29) is 30.3 Å². The molecule has 0 radical (unpaired) electrons. The zero-order chi connectivity index (χ0) is 17.4. The summed E-state index contributed by atoms with van der Waals surface area (Å²) >= 11 is 0. The lowest BCUT2D eigenvalue weighted by molar-refractivity contribution is -0.149. The number of rotatable bonds is 6. The van der Waals surface area contributed by atoms with Gasteiger partial charge < -0.3 is 15.0 Å². The van der Waals surface area contributed by atoms with E-state index in [1.165, 1.54) is 0 Å². The number of hydrogen-bond donors (Lipinski definition) is 2. The van der Waals surface area contributed by atoms with Crippen LogP contribution < -0.4 is 10.6 Å². The van der Waals surface area contributed by atoms with E-state index in [2.05, 4.69) is 15.5 Å². The van der Waals surface area contributed by atoms with Gasteiger partial charge in [0, 0.05) is 25.6 Å². The lowest BCUT2D eigenvalue weighted by atomic mass is 9.98. The Balaban J connectivity index is 1.65. The molecule has 1 aliphatic carbocycles. The Morgan fingerprint density at radius 1 is 1.12 bits per heavy atom. The number of amides is 3. The minimum absolute atomic E-state index is 0.104. The molecule has 7 heteroatoms. The third kappa shape index (κ3) is 6.11. The summed E-state index contributed by atoms with van der Waals surface area (Å²) < 4.78 is 5.07. The van der Waals surface area contributed by atoms with E-state index in [4.69, 9.17) is 4.74 Å². The van der Waals surface area contributed by atoms with E-state index in [0.717, 1.165) is 45.1 Å². The number of piperidine rings is 1. The van der Waals surface area contributed by atoms with E-state index in [0.29, 0.717) is 19.7 Å². The summed E-state index contributed by atoms with van der Waals surface area (Å²) in [6.07, 6.45) is 6.27. The monoisotopic (exact) mass is 339 g/mol. The lowest BCUT2D eigenvalue weighted by Crippen LogP contribution is -2.45. The van der Waals surface area contributed by atoms with Gasteiger partial charge in [-0.1, -0.05) is 12.8 Å². The topological polar surface area (TPSA) is 87.7 Å². The maximum atomic E-state index is 11.9. The van der Waals surface area contributed by atoms with Crippen molar-refractivity contribution in [2.24, 2.45) is 5.92 Å². The van der Waals surface area contributed by atoms with Crippen LogP contribution in [0, 0.1) is 5.92 Å². The van der Waals surface area contributed by atoms with Gasteiger partial charge in [-0.25, -0.2) is 4.79 Å². The maximum Gasteiger partial charge on any atom is 0.321 e. The Hall–Kier alpha value is -1.63. The van der Waals surface area contributed by atoms with Crippen molar-refractivity contribution in [3.63, 3.8) is 0 Å². The fourth-order valence-electron chi connectivity index (χ4n) is 3.45. The van der Waals surface area contributed by atoms with Crippen LogP contribution in [0.2, 0.25) is 0 Å². The maximum absolute atomic E-state index is 11.9. The number of carbonyl (C=O) groups excluding carboxylic acids is 3. The van der Waals surface area contributed by atoms with Gasteiger partial charge >= 0.3 is 12.0 Å². The Morgan fingerprint density at radius 3 is 2.58 bits per heavy atom. The van der Waals surface area contributed by atoms with E-state index < -0.39 is 6.03 Å². The zero-order valence-electron chi connectivity index (χ0n) is 14.5. The average molecular weight is 339 g/mol. The highest BCUT2D eigenvalue weighted by molar-refractivity contribution is 5.94. The third-order valence-electron chi connectivity index (χ3n) is 4.72. The van der Waals surface area contributed by atoms with E-state index in [1.807, 2.05) is 0 Å². The Morgan fingerprint density at radius 2 is 1.88 bits per heavy atom. The van der Waals surface area contributed by atoms with Gasteiger partial charge in [0.15, 0.2) is 0 Å². The summed E-state index contributed by atoms with van der Waals surface area (Å²) in [6.45, 7) is 4.25. The zero-order valence-corrected chi connectivity index (χ0v) is 14.5. The molecule has 2 N–H and O–H groups in total. The number of ether oxygens (including phenoxy) is 1. The smallest absolute Gasteiger partial charge is 0.321 e. The van der Waals surface area contributed by atoms with Crippen LogP contribution in [0.4, 0.5) is 4.79 Å². The van der Waals surface area contributed by atoms with Crippen molar-refractivity contribution in [3.05, 3.63) is 0 Å². The Bertz CT molecular complexity index is 449. The highest BCUT2D eigenvalue weighted by Gasteiger charge is 2.27. The normalized spacial score (nSPS) is 22.1. The summed E-state index contributed by atoms with van der Waals surface area (Å²) in [4.78, 5) is 37.6. The number of nitrogens with one attached hydrogen (secondary N) is 2. The molecule has 2 rings (SSSR count). The van der Waals surface area contributed by atoms with Gasteiger partial charge in [-0.2, -0.15) is 0 Å². The third-order valence-corrected chi connectivity index (χ3v) is 4.72. The first-order valence-corrected chi connectivity index (χ1v) is 9.07. The lowest BCUT2D eigenvalue weighted by Gasteiger charge is -2.31. The molecule has 3 amide bonds. The highest BCUT2D eigenvalue weighted by Crippen LogP contribution is 2.18. The fraction of sp³-hybridized carbons (Fsp3) is 0.824. The molecule has 1 saturated heterocycles. The van der Waals surface area contributed by atoms with Crippen molar-refractivity contribution in [1.29, 1.82) is 0 Å². The van der Waals surface area contributed by atoms with Crippen LogP contribution in [0.3, 0.4) is 0 Å². The summed E-state index contributed by atoms with van der Waals surface area (Å²) in [5.74, 6) is -0.529. The van der Waals surface area contributed by atoms with Crippen LogP contribution in [-0.2, 0) is 14.3 Å². The van der Waals surface area contributed by atoms with Crippen LogP contribution in [0.15, 0.2) is 0 Å². The van der Waals surface area contributed by atoms with Crippen molar-refractivity contribution in [2.75, 3.05) is 26.2 Å². The minimum atomic E-state index is -0.394. The molecule has 136 valence electrons. The van der Waals surface area contributed by atoms with Crippen molar-refractivity contribution in [3.8, 4) is 0 Å². The molecule has 0 aromatic heterocycles. The van der Waals surface area contributed by atoms with Crippen LogP contribution in [-0.4, -0.2) is 55.1 Å². The first kappa shape index (κ1) is 18.7. The molecular formula is C17H29N3O4. The first-order chi connectivity index (χ1) is 11.6. The quantitative estimate of drug-likeness (QED) is 0.715. The molecule has 24 heavy (non-hydrogen) atoms. The van der Waals surface area contributed by atoms with Crippen LogP contribution in [0.25, 0.3) is 0 Å². The van der Waals surface area contributed by atoms with Crippen molar-refractivity contribution >= 4 is 17.9 Å². The average Bonchev–Trinajstić information content (AvgIpc) is 3.06. The predicted octanol–water partition coefficient (Wildman–Crippen LogP) is 1.42. The van der Waals surface area contributed by atoms with Crippen LogP contribution in [0.1, 0.15) is 51.9 Å². The molecule has 0 bridgehead atoms. The number of esters is 1. The van der Waals surface area contributed by atoms with Gasteiger partial charge in [0.05, 0.1) is 12.5 Å². The molecule has 2 fully saturated rings. The second-order valence-electron chi connectivity index (χ2n) is 6.64. The molecule has 1 aliphatic heterocycles. The van der Waals surface area contributed by atoms with Crippen molar-refractivity contribution < 1.29 is 19.1 Å². The Kier molecular flexibility index (Phi) is 7.49. The predicted molar refractivity (Wildman–Crippen MR) is 89.3 cm³/mol. The van der Waals surface area contributed by atoms with Gasteiger partial charge in [-0.15, -0.1) is 0 Å². The molecule has 0 aromatic rings. The molecule has 1 heterocycles. The largest absolute Gasteiger partial charge is 0.466 e. The van der Waals surface area contributed by atoms with E-state index in [9.17, 15) is 14.4 Å². The van der Waals surface area contributed by atoms with Crippen molar-refractivity contribution in [1.82, 2.24) is 15.5 Å². The van der Waals surface area contributed by atoms with Gasteiger partial charge in [0.1, 0.15) is 0 Å². The first-order valence-electron chi connectivity index (χ1n) is 9.07. The summed E-state index contributed by atoms with van der Waals surface area (Å²) in [6, 6.07) is -0.194. The molecule has 2 aliphatic rings. The van der Waals surface area contributed by atoms with E-state index >= 15 is 0 Å². The molecule has 7 nitrogen and oxygen atoms in total. The SMILES string of the molecule is CCOC(=O)C1CCCN(CCC(=O)NC(=O)NC2CCCC2)C1. The minimum Gasteiger partial charge on any atom is -0.466 e. The number of hydrogen-bond acceptors (Lipinski definition) is 5. The van der Waals surface area contributed by atoms with Gasteiger partial charge in [-0.3, -0.25) is 14.9 Å². The Labute approximate surface area is 143 Å². The van der Waals surface area contributed by atoms with Crippen molar-refractivity contribution in [2.45, 2.75) is 57.9 Å². The van der Waals surface area contributed by atoms with Gasteiger partial charge in [0.2, 0.25) is 5.91 Å². The summed E-state index contributed by atoms with van der Waals surface area (Å²) in [7, 11) is 0. The number of imide groups is 1. The fourth-order valence-corrected chi connectivity index (χ4v) is 3.45. The number of urea groups is 1. The van der Waals surface area contributed by atoms with Gasteiger partial charge in [0.25, 0.3) is 0 Å². The highest BCUT2D eigenvalue weighted by atomic mass is 16.5. The summed E-state index contributed by atoms with van der Waals surface area (Å²) in [5, 5.41) is 5.23. The second-order valence-corrected chi connectivity index (χ2v) is 6.64. The molecule has 0 spiro atoms. The number of likely N-dealkylation sites (tertiary alicyclic amines) is 1. The number of carbonyl (C=O) groups is 3. The van der Waals surface area contributed by atoms with Crippen LogP contribution in [0.5, 0.6) is 0 Å². The molecular weight excluding hydrogens is 310 g/mol. The molecule has 1 saturated carbocycles. The standard InChI is InChI=1S/C17H29N3O4/c1-2-24-16(22)13-6-5-10-20(12-13)11-9-15(21)19-17(23)18-14-7-3-4-8-14/h13-14H,2-12H2,1H3,(H2,18,19,21,23). The van der Waals surface area contributed by atoms with Gasteiger partial charge in [-0.05, 0) is 39.2 Å². The summed E-state index contributed by atoms with van der Waals surface area (Å²) in [5.41, 5.74) is 0. The van der Waals surface area contributed by atoms with E-state index in [1.54, 1.807) is 6.92 Å². The van der Waals surface area contributed by atoms with Crippen LogP contribution >= 0.6 is 0 Å². The second kappa shape index (κ2) is 9.61.